The average Bonchev–Trinajstić information content (AvgIpc) is 2.69. The van der Waals surface area contributed by atoms with Crippen molar-refractivity contribution in [3.8, 4) is 0 Å². The number of thioether (sulfide) groups is 1. The Bertz CT molecular complexity index is 662. The summed E-state index contributed by atoms with van der Waals surface area (Å²) in [5.74, 6) is 1.95. The van der Waals surface area contributed by atoms with Gasteiger partial charge in [-0.15, -0.1) is 0 Å². The molecule has 2 aromatic carbocycles. The van der Waals surface area contributed by atoms with Crippen LogP contribution in [0.2, 0.25) is 0 Å². The third-order valence-corrected chi connectivity index (χ3v) is 5.12. The largest absolute Gasteiger partial charge is 0.376 e. The Morgan fingerprint density at radius 1 is 0.885 bits per heavy atom. The Hall–Kier alpha value is -1.81. The molecule has 2 nitrogen and oxygen atoms in total. The van der Waals surface area contributed by atoms with Crippen molar-refractivity contribution >= 4 is 23.9 Å². The first-order valence-electron chi connectivity index (χ1n) is 8.91. The van der Waals surface area contributed by atoms with Crippen molar-refractivity contribution in [3.05, 3.63) is 83.9 Å². The predicted octanol–water partition coefficient (Wildman–Crippen LogP) is 5.83. The predicted molar refractivity (Wildman–Crippen MR) is 114 cm³/mol. The van der Waals surface area contributed by atoms with Gasteiger partial charge in [-0.2, -0.15) is 11.8 Å². The zero-order valence-corrected chi connectivity index (χ0v) is 16.3. The van der Waals surface area contributed by atoms with Crippen molar-refractivity contribution in [2.75, 3.05) is 18.1 Å². The van der Waals surface area contributed by atoms with Crippen LogP contribution in [0.1, 0.15) is 29.2 Å². The summed E-state index contributed by atoms with van der Waals surface area (Å²) in [5.41, 5.74) is 4.65. The molecule has 0 radical (unpaired) electrons. The molecule has 0 spiro atoms. The van der Waals surface area contributed by atoms with Crippen LogP contribution < -0.4 is 0 Å². The van der Waals surface area contributed by atoms with Gasteiger partial charge in [-0.1, -0.05) is 73.8 Å². The molecular formula is C23H28O2S. The second-order valence-corrected chi connectivity index (χ2v) is 7.29. The molecule has 2 rings (SSSR count). The third-order valence-electron chi connectivity index (χ3n) is 3.96. The number of rotatable bonds is 12. The van der Waals surface area contributed by atoms with E-state index < -0.39 is 0 Å². The monoisotopic (exact) mass is 368 g/mol. The molecule has 1 atom stereocenters. The van der Waals surface area contributed by atoms with E-state index >= 15 is 0 Å². The topological polar surface area (TPSA) is 18.5 Å². The van der Waals surface area contributed by atoms with Gasteiger partial charge >= 0.3 is 0 Å². The van der Waals surface area contributed by atoms with Gasteiger partial charge in [0.2, 0.25) is 0 Å². The molecule has 0 N–H and O–H groups in total. The SMILES string of the molecule is C=Cc1ccc(COCCSCC(C)OCc2ccc(C=C)cc2)cc1. The summed E-state index contributed by atoms with van der Waals surface area (Å²) in [6.45, 7) is 11.7. The molecule has 138 valence electrons. The van der Waals surface area contributed by atoms with Gasteiger partial charge in [0.15, 0.2) is 0 Å². The van der Waals surface area contributed by atoms with Crippen LogP contribution in [0.25, 0.3) is 12.2 Å². The lowest BCUT2D eigenvalue weighted by Gasteiger charge is -2.13. The van der Waals surface area contributed by atoms with Crippen molar-refractivity contribution in [1.29, 1.82) is 0 Å². The van der Waals surface area contributed by atoms with E-state index in [-0.39, 0.29) is 6.10 Å². The molecule has 1 unspecified atom stereocenters. The van der Waals surface area contributed by atoms with E-state index in [9.17, 15) is 0 Å². The molecule has 0 saturated heterocycles. The zero-order valence-electron chi connectivity index (χ0n) is 15.5. The zero-order chi connectivity index (χ0) is 18.6. The smallest absolute Gasteiger partial charge is 0.0720 e. The Kier molecular flexibility index (Phi) is 9.26. The van der Waals surface area contributed by atoms with E-state index in [0.29, 0.717) is 13.2 Å². The maximum atomic E-state index is 5.90. The summed E-state index contributed by atoms with van der Waals surface area (Å²) in [6, 6.07) is 16.6. The number of benzene rings is 2. The minimum absolute atomic E-state index is 0.227. The van der Waals surface area contributed by atoms with Crippen molar-refractivity contribution in [1.82, 2.24) is 0 Å². The van der Waals surface area contributed by atoms with Gasteiger partial charge in [-0.25, -0.2) is 0 Å². The summed E-state index contributed by atoms with van der Waals surface area (Å²) in [6.07, 6.45) is 3.92. The van der Waals surface area contributed by atoms with Crippen molar-refractivity contribution in [2.45, 2.75) is 26.2 Å². The summed E-state index contributed by atoms with van der Waals surface area (Å²) in [4.78, 5) is 0. The van der Waals surface area contributed by atoms with Crippen molar-refractivity contribution < 1.29 is 9.47 Å². The van der Waals surface area contributed by atoms with Gasteiger partial charge in [-0.05, 0) is 29.2 Å². The summed E-state index contributed by atoms with van der Waals surface area (Å²) >= 11 is 1.87. The second-order valence-electron chi connectivity index (χ2n) is 6.14. The third kappa shape index (κ3) is 7.61. The molecule has 0 aliphatic rings. The molecule has 0 saturated carbocycles. The van der Waals surface area contributed by atoms with Gasteiger partial charge < -0.3 is 9.47 Å². The highest BCUT2D eigenvalue weighted by Crippen LogP contribution is 2.11. The number of ether oxygens (including phenoxy) is 2. The van der Waals surface area contributed by atoms with Crippen LogP contribution in [0, 0.1) is 0 Å². The summed E-state index contributed by atoms with van der Waals surface area (Å²) < 4.78 is 11.6. The Morgan fingerprint density at radius 3 is 1.96 bits per heavy atom. The molecule has 0 bridgehead atoms. The molecule has 0 heterocycles. The minimum Gasteiger partial charge on any atom is -0.376 e. The molecule has 0 amide bonds. The van der Waals surface area contributed by atoms with Crippen LogP contribution in [0.3, 0.4) is 0 Å². The lowest BCUT2D eigenvalue weighted by atomic mass is 10.1. The van der Waals surface area contributed by atoms with Gasteiger partial charge in [0.25, 0.3) is 0 Å². The maximum Gasteiger partial charge on any atom is 0.0720 e. The highest BCUT2D eigenvalue weighted by atomic mass is 32.2. The van der Waals surface area contributed by atoms with Crippen LogP contribution >= 0.6 is 11.8 Å². The normalized spacial score (nSPS) is 11.9. The minimum atomic E-state index is 0.227. The van der Waals surface area contributed by atoms with Crippen LogP contribution in [0.15, 0.2) is 61.7 Å². The van der Waals surface area contributed by atoms with Crippen molar-refractivity contribution in [2.24, 2.45) is 0 Å². The number of hydrogen-bond donors (Lipinski definition) is 0. The van der Waals surface area contributed by atoms with E-state index in [0.717, 1.165) is 29.2 Å². The fourth-order valence-electron chi connectivity index (χ4n) is 2.34. The van der Waals surface area contributed by atoms with E-state index in [1.165, 1.54) is 11.1 Å². The molecule has 0 aliphatic heterocycles. The molecule has 2 aromatic rings. The molecule has 26 heavy (non-hydrogen) atoms. The lowest BCUT2D eigenvalue weighted by Crippen LogP contribution is -2.12. The molecule has 0 aromatic heterocycles. The Labute approximate surface area is 161 Å². The van der Waals surface area contributed by atoms with E-state index in [1.54, 1.807) is 0 Å². The van der Waals surface area contributed by atoms with Gasteiger partial charge in [-0.3, -0.25) is 0 Å². The van der Waals surface area contributed by atoms with Gasteiger partial charge in [0, 0.05) is 11.5 Å². The maximum absolute atomic E-state index is 5.90. The average molecular weight is 369 g/mol. The summed E-state index contributed by atoms with van der Waals surface area (Å²) in [7, 11) is 0. The highest BCUT2D eigenvalue weighted by Gasteiger charge is 2.03. The number of hydrogen-bond acceptors (Lipinski definition) is 3. The second kappa shape index (κ2) is 11.7. The molecular weight excluding hydrogens is 340 g/mol. The van der Waals surface area contributed by atoms with Gasteiger partial charge in [0.05, 0.1) is 25.9 Å². The van der Waals surface area contributed by atoms with E-state index in [2.05, 4.69) is 68.6 Å². The van der Waals surface area contributed by atoms with Gasteiger partial charge in [0.1, 0.15) is 0 Å². The van der Waals surface area contributed by atoms with Crippen LogP contribution in [-0.4, -0.2) is 24.2 Å². The van der Waals surface area contributed by atoms with Crippen LogP contribution in [-0.2, 0) is 22.7 Å². The Morgan fingerprint density at radius 2 is 1.42 bits per heavy atom. The molecule has 0 aliphatic carbocycles. The first kappa shape index (κ1) is 20.5. The van der Waals surface area contributed by atoms with E-state index in [4.69, 9.17) is 9.47 Å². The molecule has 3 heteroatoms. The Balaban J connectivity index is 1.53. The quantitative estimate of drug-likeness (QED) is 0.439. The van der Waals surface area contributed by atoms with Crippen molar-refractivity contribution in [3.63, 3.8) is 0 Å². The lowest BCUT2D eigenvalue weighted by molar-refractivity contribution is 0.0687. The van der Waals surface area contributed by atoms with Crippen LogP contribution in [0.4, 0.5) is 0 Å². The molecule has 0 fully saturated rings. The fourth-order valence-corrected chi connectivity index (χ4v) is 3.17. The fraction of sp³-hybridized carbons (Fsp3) is 0.304. The standard InChI is InChI=1S/C23H28O2S/c1-4-20-6-10-22(11-7-20)16-24-14-15-26-18-19(3)25-17-23-12-8-21(5-2)9-13-23/h4-13,19H,1-2,14-18H2,3H3. The van der Waals surface area contributed by atoms with E-state index in [1.807, 2.05) is 23.9 Å². The first-order chi connectivity index (χ1) is 12.7. The summed E-state index contributed by atoms with van der Waals surface area (Å²) in [5, 5.41) is 0. The van der Waals surface area contributed by atoms with Crippen LogP contribution in [0.5, 0.6) is 0 Å². The highest BCUT2D eigenvalue weighted by molar-refractivity contribution is 7.99. The first-order valence-corrected chi connectivity index (χ1v) is 10.1.